The predicted octanol–water partition coefficient (Wildman–Crippen LogP) is 3.08. The largest absolute Gasteiger partial charge is 0.380 e. The molecule has 1 saturated heterocycles. The van der Waals surface area contributed by atoms with Crippen molar-refractivity contribution in [2.24, 2.45) is 0 Å². The van der Waals surface area contributed by atoms with Crippen molar-refractivity contribution in [3.8, 4) is 0 Å². The number of amides is 1. The summed E-state index contributed by atoms with van der Waals surface area (Å²) in [5.41, 5.74) is 4.82. The fourth-order valence-corrected chi connectivity index (χ4v) is 3.70. The maximum absolute atomic E-state index is 12.6. The van der Waals surface area contributed by atoms with Crippen LogP contribution in [-0.2, 0) is 29.1 Å². The smallest absolute Gasteiger partial charge is 0.234 e. The van der Waals surface area contributed by atoms with Crippen LogP contribution >= 0.6 is 12.4 Å². The molecule has 1 aliphatic heterocycles. The Bertz CT molecular complexity index is 767. The zero-order valence-corrected chi connectivity index (χ0v) is 18.1. The average molecular weight is 418 g/mol. The lowest BCUT2D eigenvalue weighted by Gasteiger charge is -2.36. The van der Waals surface area contributed by atoms with Crippen molar-refractivity contribution in [1.29, 1.82) is 0 Å². The molecule has 0 radical (unpaired) electrons. The first kappa shape index (κ1) is 23.4. The third-order valence-electron chi connectivity index (χ3n) is 5.37. The normalized spacial score (nSPS) is 16.8. The Labute approximate surface area is 180 Å². The van der Waals surface area contributed by atoms with Gasteiger partial charge in [-0.2, -0.15) is 0 Å². The molecule has 158 valence electrons. The van der Waals surface area contributed by atoms with Crippen molar-refractivity contribution < 1.29 is 9.53 Å². The number of rotatable bonds is 8. The Morgan fingerprint density at radius 2 is 1.90 bits per heavy atom. The molecule has 0 aliphatic carbocycles. The molecule has 1 unspecified atom stereocenters. The van der Waals surface area contributed by atoms with Gasteiger partial charge in [-0.3, -0.25) is 9.69 Å². The third kappa shape index (κ3) is 6.54. The van der Waals surface area contributed by atoms with Gasteiger partial charge in [0.2, 0.25) is 5.91 Å². The highest BCUT2D eigenvalue weighted by Gasteiger charge is 2.25. The zero-order valence-electron chi connectivity index (χ0n) is 17.3. The fraction of sp³-hybridized carbons (Fsp3) is 0.435. The van der Waals surface area contributed by atoms with E-state index in [1.54, 1.807) is 7.11 Å². The first-order valence-electron chi connectivity index (χ1n) is 10.1. The number of hydrogen-bond acceptors (Lipinski definition) is 4. The van der Waals surface area contributed by atoms with Crippen molar-refractivity contribution in [2.75, 3.05) is 33.3 Å². The van der Waals surface area contributed by atoms with Crippen LogP contribution in [0.15, 0.2) is 48.5 Å². The van der Waals surface area contributed by atoms with E-state index in [2.05, 4.69) is 46.7 Å². The van der Waals surface area contributed by atoms with Gasteiger partial charge in [-0.05, 0) is 28.7 Å². The van der Waals surface area contributed by atoms with Gasteiger partial charge in [0.1, 0.15) is 0 Å². The lowest BCUT2D eigenvalue weighted by Crippen LogP contribution is -2.49. The first-order valence-corrected chi connectivity index (χ1v) is 10.1. The van der Waals surface area contributed by atoms with E-state index in [4.69, 9.17) is 4.74 Å². The quantitative estimate of drug-likeness (QED) is 0.693. The van der Waals surface area contributed by atoms with Crippen LogP contribution in [0, 0.1) is 0 Å². The van der Waals surface area contributed by atoms with Crippen molar-refractivity contribution in [3.05, 3.63) is 70.8 Å². The van der Waals surface area contributed by atoms with Gasteiger partial charge in [0.15, 0.2) is 0 Å². The predicted molar refractivity (Wildman–Crippen MR) is 119 cm³/mol. The van der Waals surface area contributed by atoms with Gasteiger partial charge in [-0.25, -0.2) is 0 Å². The highest BCUT2D eigenvalue weighted by molar-refractivity contribution is 5.85. The molecule has 2 aromatic rings. The van der Waals surface area contributed by atoms with Crippen molar-refractivity contribution in [1.82, 2.24) is 15.5 Å². The van der Waals surface area contributed by atoms with E-state index in [9.17, 15) is 4.79 Å². The second kappa shape index (κ2) is 11.9. The van der Waals surface area contributed by atoms with Gasteiger partial charge in [-0.15, -0.1) is 12.4 Å². The molecule has 29 heavy (non-hydrogen) atoms. The molecule has 0 aromatic heterocycles. The van der Waals surface area contributed by atoms with Crippen LogP contribution in [0.3, 0.4) is 0 Å². The molecular formula is C23H32ClN3O2. The summed E-state index contributed by atoms with van der Waals surface area (Å²) in [5.74, 6) is 0.0595. The Morgan fingerprint density at radius 1 is 1.17 bits per heavy atom. The van der Waals surface area contributed by atoms with Crippen LogP contribution in [-0.4, -0.2) is 44.1 Å². The van der Waals surface area contributed by atoms with E-state index >= 15 is 0 Å². The summed E-state index contributed by atoms with van der Waals surface area (Å²) in [6.07, 6.45) is 1.04. The van der Waals surface area contributed by atoms with E-state index in [1.165, 1.54) is 11.1 Å². The fourth-order valence-electron chi connectivity index (χ4n) is 3.70. The number of benzene rings is 2. The maximum Gasteiger partial charge on any atom is 0.234 e. The summed E-state index contributed by atoms with van der Waals surface area (Å²) < 4.78 is 5.25. The molecule has 0 spiro atoms. The molecule has 1 aliphatic rings. The lowest BCUT2D eigenvalue weighted by atomic mass is 10.0. The topological polar surface area (TPSA) is 53.6 Å². The molecule has 3 rings (SSSR count). The van der Waals surface area contributed by atoms with E-state index < -0.39 is 0 Å². The third-order valence-corrected chi connectivity index (χ3v) is 5.37. The van der Waals surface area contributed by atoms with Crippen LogP contribution in [0.4, 0.5) is 0 Å². The SMILES string of the molecule is CCc1ccc(C2CNCCN2CC(=O)NCc2ccccc2COC)cc1.Cl. The molecule has 2 aromatic carbocycles. The summed E-state index contributed by atoms with van der Waals surface area (Å²) in [6.45, 7) is 6.31. The summed E-state index contributed by atoms with van der Waals surface area (Å²) in [4.78, 5) is 14.9. The van der Waals surface area contributed by atoms with Gasteiger partial charge in [0.25, 0.3) is 0 Å². The van der Waals surface area contributed by atoms with Gasteiger partial charge in [0, 0.05) is 39.3 Å². The van der Waals surface area contributed by atoms with E-state index in [1.807, 2.05) is 24.3 Å². The van der Waals surface area contributed by atoms with Crippen molar-refractivity contribution >= 4 is 18.3 Å². The summed E-state index contributed by atoms with van der Waals surface area (Å²) in [6, 6.07) is 17.1. The Hall–Kier alpha value is -1.92. The number of aryl methyl sites for hydroxylation is 1. The summed E-state index contributed by atoms with van der Waals surface area (Å²) >= 11 is 0. The molecule has 6 heteroatoms. The number of nitrogens with one attached hydrogen (secondary N) is 2. The Kier molecular flexibility index (Phi) is 9.61. The Morgan fingerprint density at radius 3 is 2.59 bits per heavy atom. The molecule has 0 bridgehead atoms. The highest BCUT2D eigenvalue weighted by Crippen LogP contribution is 2.22. The summed E-state index contributed by atoms with van der Waals surface area (Å²) in [7, 11) is 1.69. The first-order chi connectivity index (χ1) is 13.7. The van der Waals surface area contributed by atoms with Crippen LogP contribution in [0.1, 0.15) is 35.2 Å². The molecule has 1 amide bonds. The molecule has 1 heterocycles. The molecule has 1 fully saturated rings. The average Bonchev–Trinajstić information content (AvgIpc) is 2.74. The van der Waals surface area contributed by atoms with E-state index in [-0.39, 0.29) is 24.4 Å². The summed E-state index contributed by atoms with van der Waals surface area (Å²) in [5, 5.41) is 6.54. The van der Waals surface area contributed by atoms with Gasteiger partial charge < -0.3 is 15.4 Å². The number of ether oxygens (including phenoxy) is 1. The van der Waals surface area contributed by atoms with Crippen molar-refractivity contribution in [3.63, 3.8) is 0 Å². The minimum atomic E-state index is 0. The second-order valence-electron chi connectivity index (χ2n) is 7.26. The maximum atomic E-state index is 12.6. The minimum Gasteiger partial charge on any atom is -0.380 e. The molecule has 1 atom stereocenters. The molecule has 0 saturated carbocycles. The molecule has 5 nitrogen and oxygen atoms in total. The highest BCUT2D eigenvalue weighted by atomic mass is 35.5. The standard InChI is InChI=1S/C23H31N3O2.ClH/c1-3-18-8-10-19(11-9-18)22-15-24-12-13-26(22)16-23(27)25-14-20-6-4-5-7-21(20)17-28-2;/h4-11,22,24H,3,12-17H2,1-2H3,(H,25,27);1H. The minimum absolute atomic E-state index is 0. The Balaban J connectivity index is 0.00000300. The van der Waals surface area contributed by atoms with Gasteiger partial charge in [0.05, 0.1) is 13.2 Å². The number of methoxy groups -OCH3 is 1. The van der Waals surface area contributed by atoms with Gasteiger partial charge >= 0.3 is 0 Å². The van der Waals surface area contributed by atoms with Crippen molar-refractivity contribution in [2.45, 2.75) is 32.5 Å². The lowest BCUT2D eigenvalue weighted by molar-refractivity contribution is -0.123. The van der Waals surface area contributed by atoms with Crippen LogP contribution in [0.25, 0.3) is 0 Å². The number of halogens is 1. The number of nitrogens with zero attached hydrogens (tertiary/aromatic N) is 1. The van der Waals surface area contributed by atoms with E-state index in [0.717, 1.165) is 37.2 Å². The number of carbonyl (C=O) groups excluding carboxylic acids is 1. The van der Waals surface area contributed by atoms with E-state index in [0.29, 0.717) is 19.7 Å². The van der Waals surface area contributed by atoms with Gasteiger partial charge in [-0.1, -0.05) is 55.5 Å². The van der Waals surface area contributed by atoms with Crippen LogP contribution in [0.2, 0.25) is 0 Å². The second-order valence-corrected chi connectivity index (χ2v) is 7.26. The number of hydrogen-bond donors (Lipinski definition) is 2. The molecular weight excluding hydrogens is 386 g/mol. The van der Waals surface area contributed by atoms with Crippen LogP contribution < -0.4 is 10.6 Å². The number of carbonyl (C=O) groups is 1. The molecule has 2 N–H and O–H groups in total. The van der Waals surface area contributed by atoms with Crippen LogP contribution in [0.5, 0.6) is 0 Å². The zero-order chi connectivity index (χ0) is 19.8. The monoisotopic (exact) mass is 417 g/mol. The number of piperazine rings is 1.